The second-order valence-corrected chi connectivity index (χ2v) is 8.43. The number of morpholine rings is 1. The first-order valence-electron chi connectivity index (χ1n) is 10.8. The number of carbonyl (C=O) groups excluding carboxylic acids is 1. The van der Waals surface area contributed by atoms with Crippen molar-refractivity contribution >= 4 is 11.6 Å². The summed E-state index contributed by atoms with van der Waals surface area (Å²) in [6, 6.07) is 8.02. The quantitative estimate of drug-likeness (QED) is 0.774. The maximum Gasteiger partial charge on any atom is 0.253 e. The van der Waals surface area contributed by atoms with Crippen LogP contribution in [-0.4, -0.2) is 60.3 Å². The molecule has 1 aromatic carbocycles. The van der Waals surface area contributed by atoms with Gasteiger partial charge in [0, 0.05) is 49.8 Å². The summed E-state index contributed by atoms with van der Waals surface area (Å²) in [5.41, 5.74) is 1.92. The number of nitrogens with zero attached hydrogens (tertiary/aromatic N) is 4. The predicted octanol–water partition coefficient (Wildman–Crippen LogP) is 2.88. The van der Waals surface area contributed by atoms with Crippen LogP contribution in [0.2, 0.25) is 0 Å². The molecule has 154 valence electrons. The minimum atomic E-state index is 0.118. The van der Waals surface area contributed by atoms with E-state index in [2.05, 4.69) is 27.2 Å². The molecule has 5 rings (SSSR count). The largest absolute Gasteiger partial charge is 0.378 e. The third-order valence-electron chi connectivity index (χ3n) is 6.19. The maximum atomic E-state index is 13.0. The number of aromatic nitrogens is 2. The van der Waals surface area contributed by atoms with Crippen molar-refractivity contribution in [2.45, 2.75) is 38.0 Å². The topological polar surface area (TPSA) is 71.7 Å². The molecule has 3 fully saturated rings. The lowest BCUT2D eigenvalue weighted by molar-refractivity contribution is 0.0668. The molecular formula is C22H28N4O3. The zero-order chi connectivity index (χ0) is 19.6. The van der Waals surface area contributed by atoms with Crippen molar-refractivity contribution in [3.05, 3.63) is 41.5 Å². The van der Waals surface area contributed by atoms with E-state index in [0.29, 0.717) is 11.8 Å². The summed E-state index contributed by atoms with van der Waals surface area (Å²) in [4.78, 5) is 21.9. The number of ether oxygens (including phenoxy) is 1. The number of carbonyl (C=O) groups is 1. The highest BCUT2D eigenvalue weighted by molar-refractivity contribution is 5.94. The molecule has 3 heterocycles. The van der Waals surface area contributed by atoms with Crippen LogP contribution >= 0.6 is 0 Å². The summed E-state index contributed by atoms with van der Waals surface area (Å²) >= 11 is 0. The highest BCUT2D eigenvalue weighted by atomic mass is 16.5. The Morgan fingerprint density at radius 1 is 1.07 bits per heavy atom. The van der Waals surface area contributed by atoms with Gasteiger partial charge in [0.25, 0.3) is 5.91 Å². The molecule has 29 heavy (non-hydrogen) atoms. The van der Waals surface area contributed by atoms with Gasteiger partial charge in [-0.05, 0) is 55.9 Å². The van der Waals surface area contributed by atoms with Crippen LogP contribution < -0.4 is 4.90 Å². The van der Waals surface area contributed by atoms with Gasteiger partial charge in [-0.25, -0.2) is 0 Å². The molecular weight excluding hydrogens is 368 g/mol. The van der Waals surface area contributed by atoms with E-state index in [9.17, 15) is 4.79 Å². The van der Waals surface area contributed by atoms with E-state index in [1.165, 1.54) is 12.8 Å². The van der Waals surface area contributed by atoms with Gasteiger partial charge in [0.15, 0.2) is 5.82 Å². The minimum absolute atomic E-state index is 0.118. The lowest BCUT2D eigenvalue weighted by Crippen LogP contribution is -2.40. The van der Waals surface area contributed by atoms with E-state index in [1.54, 1.807) is 0 Å². The van der Waals surface area contributed by atoms with Gasteiger partial charge in [0.2, 0.25) is 5.89 Å². The molecule has 7 nitrogen and oxygen atoms in total. The van der Waals surface area contributed by atoms with Crippen molar-refractivity contribution in [1.29, 1.82) is 0 Å². The van der Waals surface area contributed by atoms with Gasteiger partial charge in [0.1, 0.15) is 0 Å². The van der Waals surface area contributed by atoms with E-state index in [-0.39, 0.29) is 5.91 Å². The minimum Gasteiger partial charge on any atom is -0.378 e. The fourth-order valence-corrected chi connectivity index (χ4v) is 4.34. The highest BCUT2D eigenvalue weighted by Gasteiger charge is 2.30. The summed E-state index contributed by atoms with van der Waals surface area (Å²) in [5, 5.41) is 4.11. The van der Waals surface area contributed by atoms with Gasteiger partial charge >= 0.3 is 0 Å². The van der Waals surface area contributed by atoms with Gasteiger partial charge < -0.3 is 19.1 Å². The molecule has 1 atom stereocenters. The van der Waals surface area contributed by atoms with E-state index in [4.69, 9.17) is 9.26 Å². The first-order valence-corrected chi connectivity index (χ1v) is 10.8. The third kappa shape index (κ3) is 4.29. The van der Waals surface area contributed by atoms with Crippen LogP contribution in [0, 0.1) is 5.92 Å². The van der Waals surface area contributed by atoms with Gasteiger partial charge in [-0.15, -0.1) is 0 Å². The van der Waals surface area contributed by atoms with E-state index < -0.39 is 0 Å². The van der Waals surface area contributed by atoms with E-state index in [0.717, 1.165) is 81.6 Å². The number of rotatable bonds is 5. The molecule has 0 radical (unpaired) electrons. The predicted molar refractivity (Wildman–Crippen MR) is 108 cm³/mol. The van der Waals surface area contributed by atoms with Gasteiger partial charge in [0.05, 0.1) is 13.2 Å². The van der Waals surface area contributed by atoms with Crippen molar-refractivity contribution in [3.63, 3.8) is 0 Å². The first kappa shape index (κ1) is 18.6. The van der Waals surface area contributed by atoms with Crippen LogP contribution in [0.5, 0.6) is 0 Å². The Morgan fingerprint density at radius 2 is 1.86 bits per heavy atom. The zero-order valence-corrected chi connectivity index (χ0v) is 16.8. The maximum absolute atomic E-state index is 13.0. The number of likely N-dealkylation sites (tertiary alicyclic amines) is 1. The lowest BCUT2D eigenvalue weighted by Gasteiger charge is -2.32. The Balaban J connectivity index is 1.19. The smallest absolute Gasteiger partial charge is 0.253 e. The van der Waals surface area contributed by atoms with Crippen LogP contribution in [0.3, 0.4) is 0 Å². The third-order valence-corrected chi connectivity index (χ3v) is 6.19. The molecule has 3 aliphatic rings. The molecule has 1 aromatic heterocycles. The number of amides is 1. The molecule has 0 N–H and O–H groups in total. The van der Waals surface area contributed by atoms with Crippen molar-refractivity contribution < 1.29 is 14.1 Å². The highest BCUT2D eigenvalue weighted by Crippen LogP contribution is 2.38. The van der Waals surface area contributed by atoms with Gasteiger partial charge in [-0.2, -0.15) is 4.98 Å². The Bertz CT molecular complexity index is 840. The summed E-state index contributed by atoms with van der Waals surface area (Å²) in [6.45, 7) is 4.90. The van der Waals surface area contributed by atoms with Crippen LogP contribution in [0.25, 0.3) is 0 Å². The van der Waals surface area contributed by atoms with Gasteiger partial charge in [-0.3, -0.25) is 4.79 Å². The van der Waals surface area contributed by atoms with E-state index in [1.807, 2.05) is 17.0 Å². The van der Waals surface area contributed by atoms with Crippen LogP contribution in [-0.2, 0) is 11.2 Å². The molecule has 1 saturated carbocycles. The zero-order valence-electron chi connectivity index (χ0n) is 16.8. The summed E-state index contributed by atoms with van der Waals surface area (Å²) in [6.07, 6.45) is 5.23. The molecule has 2 aromatic rings. The normalized spacial score (nSPS) is 22.7. The SMILES string of the molecule is O=C(c1ccc(N2CCOCC2)cc1)N1CCC[C@H](Cc2nc(C3CC3)no2)C1. The second-order valence-electron chi connectivity index (χ2n) is 8.43. The van der Waals surface area contributed by atoms with Crippen LogP contribution in [0.15, 0.2) is 28.8 Å². The van der Waals surface area contributed by atoms with Crippen molar-refractivity contribution in [2.24, 2.45) is 5.92 Å². The molecule has 7 heteroatoms. The number of hydrogen-bond donors (Lipinski definition) is 0. The molecule has 0 unspecified atom stereocenters. The summed E-state index contributed by atoms with van der Waals surface area (Å²) < 4.78 is 10.9. The fourth-order valence-electron chi connectivity index (χ4n) is 4.34. The number of hydrogen-bond acceptors (Lipinski definition) is 6. The summed E-state index contributed by atoms with van der Waals surface area (Å²) in [7, 11) is 0. The van der Waals surface area contributed by atoms with E-state index >= 15 is 0 Å². The number of anilines is 1. The van der Waals surface area contributed by atoms with Crippen molar-refractivity contribution in [2.75, 3.05) is 44.3 Å². The molecule has 2 saturated heterocycles. The van der Waals surface area contributed by atoms with Crippen LogP contribution in [0.1, 0.15) is 53.7 Å². The van der Waals surface area contributed by atoms with Crippen LogP contribution in [0.4, 0.5) is 5.69 Å². The molecule has 2 aliphatic heterocycles. The Kier molecular flexibility index (Phi) is 5.23. The average molecular weight is 396 g/mol. The Morgan fingerprint density at radius 3 is 2.62 bits per heavy atom. The number of piperidine rings is 1. The van der Waals surface area contributed by atoms with Crippen molar-refractivity contribution in [1.82, 2.24) is 15.0 Å². The van der Waals surface area contributed by atoms with Crippen molar-refractivity contribution in [3.8, 4) is 0 Å². The lowest BCUT2D eigenvalue weighted by atomic mass is 9.94. The molecule has 1 amide bonds. The molecule has 0 spiro atoms. The Labute approximate surface area is 171 Å². The fraction of sp³-hybridized carbons (Fsp3) is 0.591. The number of benzene rings is 1. The monoisotopic (exact) mass is 396 g/mol. The average Bonchev–Trinajstić information content (AvgIpc) is 3.53. The Hall–Kier alpha value is -2.41. The first-order chi connectivity index (χ1) is 14.3. The standard InChI is InChI=1S/C22H28N4O3/c27-22(18-5-7-19(8-6-18)25-10-12-28-13-11-25)26-9-1-2-16(15-26)14-20-23-21(24-29-20)17-3-4-17/h5-8,16-17H,1-4,9-15H2/t16-/m1/s1. The summed E-state index contributed by atoms with van der Waals surface area (Å²) in [5.74, 6) is 2.60. The van der Waals surface area contributed by atoms with Gasteiger partial charge in [-0.1, -0.05) is 5.16 Å². The molecule has 1 aliphatic carbocycles. The second kappa shape index (κ2) is 8.14. The molecule has 0 bridgehead atoms.